The Bertz CT molecular complexity index is 1160. The minimum Gasteiger partial charge on any atom is -0.324 e. The maximum atomic E-state index is 12.5. The minimum atomic E-state index is -3.65. The molecule has 0 aliphatic heterocycles. The van der Waals surface area contributed by atoms with Gasteiger partial charge >= 0.3 is 0 Å². The molecule has 4 rings (SSSR count). The maximum absolute atomic E-state index is 12.5. The molecule has 8 heteroatoms. The van der Waals surface area contributed by atoms with Crippen LogP contribution in [0.15, 0.2) is 89.3 Å². The van der Waals surface area contributed by atoms with Crippen LogP contribution >= 0.6 is 11.3 Å². The number of para-hydroxylation sites is 1. The summed E-state index contributed by atoms with van der Waals surface area (Å²) in [5.74, 6) is 0.448. The summed E-state index contributed by atoms with van der Waals surface area (Å²) in [4.78, 5) is 9.95. The van der Waals surface area contributed by atoms with E-state index in [9.17, 15) is 8.42 Å². The Morgan fingerprint density at radius 3 is 2.32 bits per heavy atom. The molecule has 0 unspecified atom stereocenters. The van der Waals surface area contributed by atoms with Crippen LogP contribution in [0.3, 0.4) is 0 Å². The molecule has 2 aromatic carbocycles. The van der Waals surface area contributed by atoms with E-state index in [-0.39, 0.29) is 4.90 Å². The number of thiophene rings is 1. The maximum Gasteiger partial charge on any atom is 0.261 e. The van der Waals surface area contributed by atoms with E-state index < -0.39 is 10.0 Å². The van der Waals surface area contributed by atoms with Crippen LogP contribution in [0.5, 0.6) is 0 Å². The second-order valence-corrected chi connectivity index (χ2v) is 8.49. The predicted octanol–water partition coefficient (Wildman–Crippen LogP) is 4.75. The molecule has 0 radical (unpaired) electrons. The van der Waals surface area contributed by atoms with Gasteiger partial charge in [-0.15, -0.1) is 11.3 Å². The van der Waals surface area contributed by atoms with Gasteiger partial charge in [-0.25, -0.2) is 18.4 Å². The highest BCUT2D eigenvalue weighted by Gasteiger charge is 2.14. The van der Waals surface area contributed by atoms with Crippen LogP contribution < -0.4 is 10.0 Å². The van der Waals surface area contributed by atoms with E-state index >= 15 is 0 Å². The van der Waals surface area contributed by atoms with E-state index in [0.717, 1.165) is 10.6 Å². The highest BCUT2D eigenvalue weighted by Crippen LogP contribution is 2.24. The van der Waals surface area contributed by atoms with E-state index in [1.807, 2.05) is 29.6 Å². The first kappa shape index (κ1) is 18.1. The summed E-state index contributed by atoms with van der Waals surface area (Å²) in [5.41, 5.74) is 2.05. The zero-order chi connectivity index (χ0) is 19.4. The minimum absolute atomic E-state index is 0.176. The average molecular weight is 409 g/mol. The van der Waals surface area contributed by atoms with Gasteiger partial charge in [0.1, 0.15) is 0 Å². The molecule has 0 spiro atoms. The molecule has 0 amide bonds. The first-order valence-corrected chi connectivity index (χ1v) is 10.8. The van der Waals surface area contributed by atoms with Crippen LogP contribution in [0.1, 0.15) is 0 Å². The first-order valence-electron chi connectivity index (χ1n) is 8.42. The molecule has 4 aromatic rings. The summed E-state index contributed by atoms with van der Waals surface area (Å²) in [5, 5.41) is 5.10. The summed E-state index contributed by atoms with van der Waals surface area (Å²) in [6, 6.07) is 21.0. The van der Waals surface area contributed by atoms with Crippen molar-refractivity contribution in [3.05, 3.63) is 84.4 Å². The topological polar surface area (TPSA) is 84.0 Å². The predicted molar refractivity (Wildman–Crippen MR) is 112 cm³/mol. The molecule has 0 fully saturated rings. The Morgan fingerprint density at radius 2 is 1.61 bits per heavy atom. The number of sulfonamides is 1. The van der Waals surface area contributed by atoms with Crippen LogP contribution in [0.2, 0.25) is 0 Å². The highest BCUT2D eigenvalue weighted by molar-refractivity contribution is 7.92. The summed E-state index contributed by atoms with van der Waals surface area (Å²) in [6.07, 6.45) is 1.69. The Hall–Kier alpha value is -3.23. The fraction of sp³-hybridized carbons (Fsp3) is 0. The van der Waals surface area contributed by atoms with Crippen molar-refractivity contribution in [2.45, 2.75) is 4.90 Å². The quantitative estimate of drug-likeness (QED) is 0.481. The van der Waals surface area contributed by atoms with Crippen molar-refractivity contribution >= 4 is 38.7 Å². The largest absolute Gasteiger partial charge is 0.324 e. The Morgan fingerprint density at radius 1 is 0.821 bits per heavy atom. The van der Waals surface area contributed by atoms with Crippen molar-refractivity contribution in [1.29, 1.82) is 0 Å². The number of benzene rings is 2. The van der Waals surface area contributed by atoms with Gasteiger partial charge in [-0.2, -0.15) is 0 Å². The van der Waals surface area contributed by atoms with Crippen LogP contribution in [0.25, 0.3) is 10.6 Å². The number of hydrogen-bond acceptors (Lipinski definition) is 6. The van der Waals surface area contributed by atoms with Crippen molar-refractivity contribution in [2.75, 3.05) is 10.0 Å². The third-order valence-electron chi connectivity index (χ3n) is 3.88. The zero-order valence-corrected chi connectivity index (χ0v) is 16.2. The smallest absolute Gasteiger partial charge is 0.261 e. The normalized spacial score (nSPS) is 11.1. The third-order valence-corrected chi connectivity index (χ3v) is 6.17. The van der Waals surface area contributed by atoms with Crippen molar-refractivity contribution in [1.82, 2.24) is 9.97 Å². The van der Waals surface area contributed by atoms with E-state index in [0.29, 0.717) is 17.3 Å². The first-order chi connectivity index (χ1) is 13.6. The molecule has 0 aliphatic carbocycles. The van der Waals surface area contributed by atoms with Gasteiger partial charge in [0.25, 0.3) is 10.0 Å². The van der Waals surface area contributed by atoms with Crippen molar-refractivity contribution < 1.29 is 8.42 Å². The molecule has 0 bridgehead atoms. The van der Waals surface area contributed by atoms with Crippen molar-refractivity contribution in [3.8, 4) is 10.6 Å². The Labute approximate surface area is 167 Å². The van der Waals surface area contributed by atoms with Crippen LogP contribution in [-0.4, -0.2) is 18.4 Å². The molecular weight excluding hydrogens is 392 g/mol. The lowest BCUT2D eigenvalue weighted by Crippen LogP contribution is -2.12. The molecule has 140 valence electrons. The van der Waals surface area contributed by atoms with Crippen molar-refractivity contribution in [2.24, 2.45) is 0 Å². The van der Waals surface area contributed by atoms with Gasteiger partial charge in [0.2, 0.25) is 5.95 Å². The van der Waals surface area contributed by atoms with Crippen molar-refractivity contribution in [3.63, 3.8) is 0 Å². The van der Waals surface area contributed by atoms with Gasteiger partial charge in [-0.05, 0) is 53.9 Å². The highest BCUT2D eigenvalue weighted by atomic mass is 32.2. The molecular formula is C20H16N4O2S2. The Balaban J connectivity index is 1.50. The molecule has 2 heterocycles. The summed E-state index contributed by atoms with van der Waals surface area (Å²) in [6.45, 7) is 0. The van der Waals surface area contributed by atoms with Gasteiger partial charge in [-0.1, -0.05) is 24.3 Å². The molecule has 6 nitrogen and oxygen atoms in total. The Kier molecular flexibility index (Phi) is 5.05. The molecule has 0 saturated carbocycles. The average Bonchev–Trinajstić information content (AvgIpc) is 3.24. The fourth-order valence-electron chi connectivity index (χ4n) is 2.55. The summed E-state index contributed by atoms with van der Waals surface area (Å²) < 4.78 is 27.5. The number of anilines is 3. The van der Waals surface area contributed by atoms with Crippen LogP contribution in [-0.2, 0) is 10.0 Å². The number of nitrogens with one attached hydrogen (secondary N) is 2. The van der Waals surface area contributed by atoms with Gasteiger partial charge < -0.3 is 5.32 Å². The lowest BCUT2D eigenvalue weighted by Gasteiger charge is -2.09. The van der Waals surface area contributed by atoms with E-state index in [2.05, 4.69) is 20.0 Å². The van der Waals surface area contributed by atoms with Gasteiger partial charge in [0.15, 0.2) is 0 Å². The second-order valence-electron chi connectivity index (χ2n) is 5.86. The van der Waals surface area contributed by atoms with Crippen LogP contribution in [0, 0.1) is 0 Å². The van der Waals surface area contributed by atoms with Gasteiger partial charge in [0, 0.05) is 17.6 Å². The third kappa shape index (κ3) is 4.19. The number of rotatable bonds is 6. The molecule has 28 heavy (non-hydrogen) atoms. The van der Waals surface area contributed by atoms with Crippen LogP contribution in [0.4, 0.5) is 17.3 Å². The SMILES string of the molecule is O=S(=O)(Nc1ccccc1)c1ccc(Nc2nccc(-c3cccs3)n2)cc1. The van der Waals surface area contributed by atoms with E-state index in [1.165, 1.54) is 12.1 Å². The fourth-order valence-corrected chi connectivity index (χ4v) is 4.30. The second kappa shape index (κ2) is 7.79. The number of hydrogen-bond donors (Lipinski definition) is 2. The number of aromatic nitrogens is 2. The summed E-state index contributed by atoms with van der Waals surface area (Å²) >= 11 is 1.60. The number of nitrogens with zero attached hydrogens (tertiary/aromatic N) is 2. The zero-order valence-electron chi connectivity index (χ0n) is 14.6. The molecule has 0 atom stereocenters. The lowest BCUT2D eigenvalue weighted by molar-refractivity contribution is 0.601. The molecule has 2 N–H and O–H groups in total. The molecule has 0 aliphatic rings. The standard InChI is InChI=1S/C20H16N4O2S2/c25-28(26,24-16-5-2-1-3-6-16)17-10-8-15(9-11-17)22-20-21-13-12-18(23-20)19-7-4-14-27-19/h1-14,24H,(H,21,22,23). The molecule has 2 aromatic heterocycles. The van der Waals surface area contributed by atoms with Gasteiger partial charge in [0.05, 0.1) is 15.5 Å². The van der Waals surface area contributed by atoms with E-state index in [4.69, 9.17) is 0 Å². The van der Waals surface area contributed by atoms with E-state index in [1.54, 1.807) is 53.9 Å². The summed E-state index contributed by atoms with van der Waals surface area (Å²) in [7, 11) is -3.65. The monoisotopic (exact) mass is 408 g/mol. The van der Waals surface area contributed by atoms with Gasteiger partial charge in [-0.3, -0.25) is 4.72 Å². The molecule has 0 saturated heterocycles. The lowest BCUT2D eigenvalue weighted by atomic mass is 10.3.